The molecule has 2 aromatic rings. The van der Waals surface area contributed by atoms with E-state index in [0.29, 0.717) is 11.4 Å². The maximum Gasteiger partial charge on any atom is 0.344 e. The molecule has 0 saturated heterocycles. The van der Waals surface area contributed by atoms with Crippen molar-refractivity contribution in [3.8, 4) is 0 Å². The molecule has 6 nitrogen and oxygen atoms in total. The van der Waals surface area contributed by atoms with Gasteiger partial charge in [0.15, 0.2) is 0 Å². The van der Waals surface area contributed by atoms with Gasteiger partial charge in [0.1, 0.15) is 0 Å². The lowest BCUT2D eigenvalue weighted by Crippen LogP contribution is -2.48. The number of amides is 4. The van der Waals surface area contributed by atoms with E-state index >= 15 is 0 Å². The molecule has 0 aliphatic heterocycles. The summed E-state index contributed by atoms with van der Waals surface area (Å²) < 4.78 is 0. The number of carbonyl (C=O) groups is 2. The van der Waals surface area contributed by atoms with Crippen molar-refractivity contribution in [2.75, 3.05) is 10.2 Å². The van der Waals surface area contributed by atoms with Gasteiger partial charge in [0.05, 0.1) is 5.69 Å². The summed E-state index contributed by atoms with van der Waals surface area (Å²) in [5, 5.41) is 2.63. The number of nitrogens with one attached hydrogen (secondary N) is 2. The quantitative estimate of drug-likeness (QED) is 0.444. The van der Waals surface area contributed by atoms with Crippen LogP contribution >= 0.6 is 0 Å². The monoisotopic (exact) mass is 270 g/mol. The largest absolute Gasteiger partial charge is 0.344 e. The van der Waals surface area contributed by atoms with Crippen molar-refractivity contribution < 1.29 is 9.59 Å². The van der Waals surface area contributed by atoms with Crippen LogP contribution in [0.5, 0.6) is 0 Å². The predicted octanol–water partition coefficient (Wildman–Crippen LogP) is 2.31. The maximum atomic E-state index is 12.2. The molecule has 0 heterocycles. The van der Waals surface area contributed by atoms with Gasteiger partial charge in [0.25, 0.3) is 0 Å². The van der Waals surface area contributed by atoms with Crippen molar-refractivity contribution in [3.63, 3.8) is 0 Å². The highest BCUT2D eigenvalue weighted by molar-refractivity contribution is 6.17. The van der Waals surface area contributed by atoms with Crippen LogP contribution in [0.4, 0.5) is 21.0 Å². The zero-order valence-electron chi connectivity index (χ0n) is 10.6. The Labute approximate surface area is 116 Å². The molecule has 0 aromatic heterocycles. The Bertz CT molecular complexity index is 587. The molecule has 0 fully saturated rings. The molecule has 2 rings (SSSR count). The number of hydrogen-bond acceptors (Lipinski definition) is 3. The average Bonchev–Trinajstić information content (AvgIpc) is 2.49. The van der Waals surface area contributed by atoms with Crippen LogP contribution in [-0.4, -0.2) is 12.1 Å². The van der Waals surface area contributed by atoms with Crippen LogP contribution in [0, 0.1) is 0 Å². The SMILES string of the molecule is NNC(=O)N(C(=O)Nc1ccccc1)c1ccccc1. The summed E-state index contributed by atoms with van der Waals surface area (Å²) in [4.78, 5) is 24.9. The fourth-order valence-electron chi connectivity index (χ4n) is 1.67. The Kier molecular flexibility index (Phi) is 4.31. The summed E-state index contributed by atoms with van der Waals surface area (Å²) in [5.74, 6) is 5.12. The number of para-hydroxylation sites is 2. The molecule has 0 saturated carbocycles. The highest BCUT2D eigenvalue weighted by Crippen LogP contribution is 2.15. The molecule has 0 unspecified atom stereocenters. The first kappa shape index (κ1) is 13.6. The van der Waals surface area contributed by atoms with Gasteiger partial charge < -0.3 is 5.32 Å². The molecule has 102 valence electrons. The minimum atomic E-state index is -0.718. The van der Waals surface area contributed by atoms with E-state index in [1.54, 1.807) is 54.6 Å². The van der Waals surface area contributed by atoms with E-state index in [-0.39, 0.29) is 0 Å². The first-order valence-corrected chi connectivity index (χ1v) is 5.94. The van der Waals surface area contributed by atoms with Gasteiger partial charge in [0.2, 0.25) is 0 Å². The number of urea groups is 2. The van der Waals surface area contributed by atoms with Gasteiger partial charge in [-0.2, -0.15) is 0 Å². The highest BCUT2D eigenvalue weighted by Gasteiger charge is 2.22. The molecule has 0 radical (unpaired) electrons. The smallest absolute Gasteiger partial charge is 0.307 e. The van der Waals surface area contributed by atoms with Crippen molar-refractivity contribution in [2.24, 2.45) is 5.84 Å². The first-order chi connectivity index (χ1) is 9.72. The van der Waals surface area contributed by atoms with Gasteiger partial charge in [-0.15, -0.1) is 0 Å². The lowest BCUT2D eigenvalue weighted by Gasteiger charge is -2.20. The van der Waals surface area contributed by atoms with E-state index < -0.39 is 12.1 Å². The van der Waals surface area contributed by atoms with E-state index in [0.717, 1.165) is 4.90 Å². The number of carbonyl (C=O) groups excluding carboxylic acids is 2. The number of rotatable bonds is 2. The lowest BCUT2D eigenvalue weighted by atomic mass is 10.3. The molecular formula is C14H14N4O2. The molecule has 0 bridgehead atoms. The molecule has 2 aromatic carbocycles. The standard InChI is InChI=1S/C14H14N4O2/c15-17-14(20)18(12-9-5-2-6-10-12)13(19)16-11-7-3-1-4-8-11/h1-10H,15H2,(H,16,19)(H,17,20). The van der Waals surface area contributed by atoms with Crippen LogP contribution in [0.1, 0.15) is 0 Å². The number of imide groups is 1. The Morgan fingerprint density at radius 3 is 1.95 bits per heavy atom. The lowest BCUT2D eigenvalue weighted by molar-refractivity contribution is 0.239. The molecular weight excluding hydrogens is 256 g/mol. The summed E-state index contributed by atoms with van der Waals surface area (Å²) in [7, 11) is 0. The molecule has 6 heteroatoms. The minimum Gasteiger partial charge on any atom is -0.307 e. The maximum absolute atomic E-state index is 12.2. The van der Waals surface area contributed by atoms with Crippen LogP contribution in [0.3, 0.4) is 0 Å². The van der Waals surface area contributed by atoms with Crippen LogP contribution < -0.4 is 21.5 Å². The topological polar surface area (TPSA) is 87.5 Å². The van der Waals surface area contributed by atoms with Gasteiger partial charge in [-0.3, -0.25) is 5.43 Å². The van der Waals surface area contributed by atoms with E-state index in [1.807, 2.05) is 11.5 Å². The second kappa shape index (κ2) is 6.35. The molecule has 0 atom stereocenters. The van der Waals surface area contributed by atoms with E-state index in [1.165, 1.54) is 0 Å². The van der Waals surface area contributed by atoms with E-state index in [9.17, 15) is 9.59 Å². The molecule has 4 amide bonds. The summed E-state index contributed by atoms with van der Waals surface area (Å²) >= 11 is 0. The Morgan fingerprint density at radius 2 is 1.40 bits per heavy atom. The van der Waals surface area contributed by atoms with Gasteiger partial charge in [0, 0.05) is 5.69 Å². The second-order valence-corrected chi connectivity index (χ2v) is 3.92. The van der Waals surface area contributed by atoms with Gasteiger partial charge >= 0.3 is 12.1 Å². The van der Waals surface area contributed by atoms with Gasteiger partial charge in [-0.05, 0) is 24.3 Å². The second-order valence-electron chi connectivity index (χ2n) is 3.92. The highest BCUT2D eigenvalue weighted by atomic mass is 16.2. The summed E-state index contributed by atoms with van der Waals surface area (Å²) in [6, 6.07) is 16.0. The number of nitrogens with two attached hydrogens (primary N) is 1. The number of nitrogens with zero attached hydrogens (tertiary/aromatic N) is 1. The Hall–Kier alpha value is -2.86. The molecule has 4 N–H and O–H groups in total. The Morgan fingerprint density at radius 1 is 0.850 bits per heavy atom. The summed E-state index contributed by atoms with van der Waals surface area (Å²) in [5.41, 5.74) is 2.96. The zero-order valence-corrected chi connectivity index (χ0v) is 10.6. The van der Waals surface area contributed by atoms with Crippen molar-refractivity contribution in [3.05, 3.63) is 60.7 Å². The van der Waals surface area contributed by atoms with Crippen molar-refractivity contribution in [1.29, 1.82) is 0 Å². The van der Waals surface area contributed by atoms with Crippen molar-refractivity contribution in [2.45, 2.75) is 0 Å². The fraction of sp³-hybridized carbons (Fsp3) is 0. The number of benzene rings is 2. The molecule has 0 aliphatic rings. The third kappa shape index (κ3) is 3.12. The first-order valence-electron chi connectivity index (χ1n) is 5.94. The Balaban J connectivity index is 2.24. The number of hydrazine groups is 1. The summed E-state index contributed by atoms with van der Waals surface area (Å²) in [6.07, 6.45) is 0. The molecule has 20 heavy (non-hydrogen) atoms. The van der Waals surface area contributed by atoms with E-state index in [4.69, 9.17) is 5.84 Å². The number of hydrogen-bond donors (Lipinski definition) is 3. The van der Waals surface area contributed by atoms with Crippen LogP contribution in [0.15, 0.2) is 60.7 Å². The molecule has 0 aliphatic carbocycles. The molecule has 0 spiro atoms. The zero-order chi connectivity index (χ0) is 14.4. The van der Waals surface area contributed by atoms with Gasteiger partial charge in [-0.25, -0.2) is 20.3 Å². The number of anilines is 2. The minimum absolute atomic E-state index is 0.420. The average molecular weight is 270 g/mol. The summed E-state index contributed by atoms with van der Waals surface area (Å²) in [6.45, 7) is 0. The van der Waals surface area contributed by atoms with Crippen molar-refractivity contribution >= 4 is 23.4 Å². The van der Waals surface area contributed by atoms with Crippen LogP contribution in [-0.2, 0) is 0 Å². The normalized spacial score (nSPS) is 9.65. The van der Waals surface area contributed by atoms with Crippen molar-refractivity contribution in [1.82, 2.24) is 5.43 Å². The third-order valence-electron chi connectivity index (χ3n) is 2.57. The van der Waals surface area contributed by atoms with Gasteiger partial charge in [-0.1, -0.05) is 36.4 Å². The van der Waals surface area contributed by atoms with Crippen LogP contribution in [0.2, 0.25) is 0 Å². The van der Waals surface area contributed by atoms with E-state index in [2.05, 4.69) is 5.32 Å². The third-order valence-corrected chi connectivity index (χ3v) is 2.57. The predicted molar refractivity (Wildman–Crippen MR) is 77.1 cm³/mol. The van der Waals surface area contributed by atoms with Crippen LogP contribution in [0.25, 0.3) is 0 Å². The fourth-order valence-corrected chi connectivity index (χ4v) is 1.67.